The second-order valence-corrected chi connectivity index (χ2v) is 8.91. The van der Waals surface area contributed by atoms with Crippen molar-refractivity contribution in [2.45, 2.75) is 11.8 Å². The van der Waals surface area contributed by atoms with Crippen molar-refractivity contribution < 1.29 is 22.3 Å². The summed E-state index contributed by atoms with van der Waals surface area (Å²) in [5.41, 5.74) is 1.99. The van der Waals surface area contributed by atoms with Crippen LogP contribution in [0.4, 0.5) is 27.3 Å². The zero-order chi connectivity index (χ0) is 23.3. The third kappa shape index (κ3) is 5.68. The highest BCUT2D eigenvalue weighted by Crippen LogP contribution is 2.25. The lowest BCUT2D eigenvalue weighted by atomic mass is 10.3. The minimum Gasteiger partial charge on any atom is -0.491 e. The zero-order valence-electron chi connectivity index (χ0n) is 18.0. The van der Waals surface area contributed by atoms with Gasteiger partial charge in [0.05, 0.1) is 36.6 Å². The van der Waals surface area contributed by atoms with E-state index in [0.29, 0.717) is 30.4 Å². The van der Waals surface area contributed by atoms with Crippen LogP contribution in [0.1, 0.15) is 6.92 Å². The van der Waals surface area contributed by atoms with Gasteiger partial charge in [0.15, 0.2) is 17.4 Å². The Morgan fingerprint density at radius 1 is 1.09 bits per heavy atom. The van der Waals surface area contributed by atoms with Crippen LogP contribution in [-0.2, 0) is 14.8 Å². The van der Waals surface area contributed by atoms with Crippen molar-refractivity contribution in [1.29, 1.82) is 0 Å². The van der Waals surface area contributed by atoms with Crippen LogP contribution in [0.15, 0.2) is 59.6 Å². The number of halogens is 1. The fraction of sp³-hybridized carbons (Fsp3) is 0.273. The van der Waals surface area contributed by atoms with E-state index in [2.05, 4.69) is 25.1 Å². The molecule has 0 spiro atoms. The molecule has 0 bridgehead atoms. The number of benzene rings is 2. The molecule has 174 valence electrons. The number of aromatic nitrogens is 2. The molecule has 0 unspecified atom stereocenters. The summed E-state index contributed by atoms with van der Waals surface area (Å²) in [6.45, 7) is 4.93. The molecule has 2 N–H and O–H groups in total. The van der Waals surface area contributed by atoms with E-state index in [-0.39, 0.29) is 17.3 Å². The monoisotopic (exact) mass is 473 g/mol. The van der Waals surface area contributed by atoms with Gasteiger partial charge >= 0.3 is 0 Å². The van der Waals surface area contributed by atoms with E-state index in [1.165, 1.54) is 12.1 Å². The number of nitrogens with one attached hydrogen (secondary N) is 2. The summed E-state index contributed by atoms with van der Waals surface area (Å²) in [5.74, 6) is -0.162. The van der Waals surface area contributed by atoms with Crippen molar-refractivity contribution in [2.75, 3.05) is 47.8 Å². The van der Waals surface area contributed by atoms with Crippen LogP contribution in [0.2, 0.25) is 0 Å². The molecule has 2 aromatic carbocycles. The van der Waals surface area contributed by atoms with Gasteiger partial charge in [0.1, 0.15) is 0 Å². The summed E-state index contributed by atoms with van der Waals surface area (Å²) in [6.07, 6.45) is 1.71. The first-order chi connectivity index (χ1) is 15.9. The van der Waals surface area contributed by atoms with Gasteiger partial charge in [0, 0.05) is 30.5 Å². The van der Waals surface area contributed by atoms with Crippen LogP contribution in [0.25, 0.3) is 0 Å². The SMILES string of the molecule is CCOc1ccc(S(=O)(=O)Nc2ccc(Nc3cc(N4CCOCC4)cnn3)cc2)cc1F. The zero-order valence-corrected chi connectivity index (χ0v) is 18.8. The maximum Gasteiger partial charge on any atom is 0.262 e. The van der Waals surface area contributed by atoms with Crippen molar-refractivity contribution >= 4 is 32.9 Å². The van der Waals surface area contributed by atoms with Crippen molar-refractivity contribution in [2.24, 2.45) is 0 Å². The minimum atomic E-state index is -3.96. The average molecular weight is 474 g/mol. The van der Waals surface area contributed by atoms with Crippen LogP contribution in [0.3, 0.4) is 0 Å². The predicted molar refractivity (Wildman–Crippen MR) is 123 cm³/mol. The molecular formula is C22H24FN5O4S. The summed E-state index contributed by atoms with van der Waals surface area (Å²) in [5, 5.41) is 11.3. The summed E-state index contributed by atoms with van der Waals surface area (Å²) in [6, 6.07) is 12.0. The Hall–Kier alpha value is -3.44. The number of hydrogen-bond acceptors (Lipinski definition) is 8. The molecule has 3 aromatic rings. The molecule has 1 saturated heterocycles. The Kier molecular flexibility index (Phi) is 6.90. The number of morpholine rings is 1. The Labute approximate surface area is 191 Å². The highest BCUT2D eigenvalue weighted by atomic mass is 32.2. The molecular weight excluding hydrogens is 449 g/mol. The Bertz CT molecular complexity index is 1200. The third-order valence-corrected chi connectivity index (χ3v) is 6.32. The molecule has 1 aliphatic heterocycles. The summed E-state index contributed by atoms with van der Waals surface area (Å²) in [7, 11) is -3.96. The Morgan fingerprint density at radius 2 is 1.82 bits per heavy atom. The Morgan fingerprint density at radius 3 is 2.52 bits per heavy atom. The van der Waals surface area contributed by atoms with Gasteiger partial charge in [-0.25, -0.2) is 12.8 Å². The van der Waals surface area contributed by atoms with E-state index < -0.39 is 15.8 Å². The van der Waals surface area contributed by atoms with Gasteiger partial charge in [0.25, 0.3) is 10.0 Å². The number of ether oxygens (including phenoxy) is 2. The van der Waals surface area contributed by atoms with E-state index >= 15 is 0 Å². The fourth-order valence-electron chi connectivity index (χ4n) is 3.32. The molecule has 9 nitrogen and oxygen atoms in total. The lowest BCUT2D eigenvalue weighted by molar-refractivity contribution is 0.122. The molecule has 11 heteroatoms. The molecule has 0 saturated carbocycles. The van der Waals surface area contributed by atoms with Crippen LogP contribution in [0, 0.1) is 5.82 Å². The highest BCUT2D eigenvalue weighted by molar-refractivity contribution is 7.92. The van der Waals surface area contributed by atoms with Gasteiger partial charge in [-0.1, -0.05) is 0 Å². The van der Waals surface area contributed by atoms with Gasteiger partial charge in [-0.05, 0) is 49.4 Å². The Balaban J connectivity index is 1.43. The lowest BCUT2D eigenvalue weighted by Crippen LogP contribution is -2.36. The highest BCUT2D eigenvalue weighted by Gasteiger charge is 2.17. The van der Waals surface area contributed by atoms with Crippen LogP contribution in [-0.4, -0.2) is 51.5 Å². The van der Waals surface area contributed by atoms with Crippen molar-refractivity contribution in [3.63, 3.8) is 0 Å². The standard InChI is InChI=1S/C22H24FN5O4S/c1-2-32-21-8-7-19(14-20(21)23)33(29,30)27-17-5-3-16(4-6-17)25-22-13-18(15-24-26-22)28-9-11-31-12-10-28/h3-8,13-15,27H,2,9-12H2,1H3,(H,25,26). The maximum absolute atomic E-state index is 14.1. The van der Waals surface area contributed by atoms with E-state index in [0.717, 1.165) is 24.8 Å². The van der Waals surface area contributed by atoms with E-state index in [4.69, 9.17) is 9.47 Å². The van der Waals surface area contributed by atoms with Gasteiger partial charge in [-0.2, -0.15) is 5.10 Å². The normalized spacial score (nSPS) is 14.1. The molecule has 0 atom stereocenters. The number of hydrogen-bond donors (Lipinski definition) is 2. The number of nitrogens with zero attached hydrogens (tertiary/aromatic N) is 3. The van der Waals surface area contributed by atoms with E-state index in [1.54, 1.807) is 37.4 Å². The summed E-state index contributed by atoms with van der Waals surface area (Å²) >= 11 is 0. The quantitative estimate of drug-likeness (QED) is 0.513. The smallest absolute Gasteiger partial charge is 0.262 e. The molecule has 1 fully saturated rings. The first kappa shape index (κ1) is 22.7. The predicted octanol–water partition coefficient (Wildman–Crippen LogP) is 3.40. The number of anilines is 4. The van der Waals surface area contributed by atoms with Crippen LogP contribution < -0.4 is 19.7 Å². The molecule has 0 amide bonds. The molecule has 1 aliphatic rings. The van der Waals surface area contributed by atoms with Gasteiger partial charge < -0.3 is 19.7 Å². The van der Waals surface area contributed by atoms with Crippen molar-refractivity contribution in [3.05, 3.63) is 60.5 Å². The molecule has 0 aliphatic carbocycles. The summed E-state index contributed by atoms with van der Waals surface area (Å²) in [4.78, 5) is 1.98. The molecule has 2 heterocycles. The third-order valence-electron chi connectivity index (χ3n) is 4.94. The van der Waals surface area contributed by atoms with Gasteiger partial charge in [-0.3, -0.25) is 4.72 Å². The molecule has 0 radical (unpaired) electrons. The fourth-order valence-corrected chi connectivity index (χ4v) is 4.39. The first-order valence-corrected chi connectivity index (χ1v) is 11.9. The largest absolute Gasteiger partial charge is 0.491 e. The maximum atomic E-state index is 14.1. The first-order valence-electron chi connectivity index (χ1n) is 10.4. The van der Waals surface area contributed by atoms with E-state index in [1.807, 2.05) is 6.07 Å². The lowest BCUT2D eigenvalue weighted by Gasteiger charge is -2.28. The van der Waals surface area contributed by atoms with Crippen LogP contribution in [0.5, 0.6) is 5.75 Å². The van der Waals surface area contributed by atoms with E-state index in [9.17, 15) is 12.8 Å². The molecule has 1 aromatic heterocycles. The van der Waals surface area contributed by atoms with Crippen molar-refractivity contribution in [3.8, 4) is 5.75 Å². The number of sulfonamides is 1. The van der Waals surface area contributed by atoms with Gasteiger partial charge in [0.2, 0.25) is 0 Å². The molecule has 4 rings (SSSR count). The topological polar surface area (TPSA) is 106 Å². The number of rotatable bonds is 8. The van der Waals surface area contributed by atoms with Gasteiger partial charge in [-0.15, -0.1) is 5.10 Å². The second-order valence-electron chi connectivity index (χ2n) is 7.23. The second kappa shape index (κ2) is 10.0. The minimum absolute atomic E-state index is 0.00710. The average Bonchev–Trinajstić information content (AvgIpc) is 2.82. The summed E-state index contributed by atoms with van der Waals surface area (Å²) < 4.78 is 52.2. The van der Waals surface area contributed by atoms with Crippen molar-refractivity contribution in [1.82, 2.24) is 10.2 Å². The molecule has 33 heavy (non-hydrogen) atoms. The van der Waals surface area contributed by atoms with Crippen LogP contribution >= 0.6 is 0 Å².